The number of halogens is 1. The van der Waals surface area contributed by atoms with Crippen molar-refractivity contribution < 1.29 is 4.74 Å². The third-order valence-corrected chi connectivity index (χ3v) is 2.51. The van der Waals surface area contributed by atoms with E-state index >= 15 is 0 Å². The molecule has 0 unspecified atom stereocenters. The average molecular weight is 257 g/mol. The highest BCUT2D eigenvalue weighted by Gasteiger charge is 2.04. The lowest BCUT2D eigenvalue weighted by atomic mass is 10.2. The van der Waals surface area contributed by atoms with Gasteiger partial charge in [-0.25, -0.2) is 4.98 Å². The van der Waals surface area contributed by atoms with Crippen LogP contribution in [0.4, 0.5) is 5.82 Å². The molecular weight excluding hydrogens is 236 g/mol. The van der Waals surface area contributed by atoms with Gasteiger partial charge in [-0.3, -0.25) is 0 Å². The van der Waals surface area contributed by atoms with Crippen molar-refractivity contribution in [2.24, 2.45) is 5.92 Å². The van der Waals surface area contributed by atoms with Gasteiger partial charge in [0.05, 0.1) is 17.3 Å². The van der Waals surface area contributed by atoms with E-state index in [-0.39, 0.29) is 0 Å². The number of pyridine rings is 1. The molecule has 0 aromatic carbocycles. The van der Waals surface area contributed by atoms with Gasteiger partial charge in [0.2, 0.25) is 0 Å². The van der Waals surface area contributed by atoms with E-state index in [1.165, 1.54) is 0 Å². The predicted molar refractivity (Wildman–Crippen MR) is 72.5 cm³/mol. The lowest BCUT2D eigenvalue weighted by molar-refractivity contribution is 0.0949. The highest BCUT2D eigenvalue weighted by molar-refractivity contribution is 6.31. The van der Waals surface area contributed by atoms with Gasteiger partial charge in [-0.15, -0.1) is 0 Å². The SMILES string of the molecule is CCCNc1ccc(Cl)c(COCC(C)C)n1. The van der Waals surface area contributed by atoms with Crippen LogP contribution in [-0.2, 0) is 11.3 Å². The van der Waals surface area contributed by atoms with Crippen LogP contribution in [-0.4, -0.2) is 18.1 Å². The number of nitrogens with one attached hydrogen (secondary N) is 1. The van der Waals surface area contributed by atoms with Gasteiger partial charge in [0.1, 0.15) is 5.82 Å². The summed E-state index contributed by atoms with van der Waals surface area (Å²) in [7, 11) is 0. The van der Waals surface area contributed by atoms with E-state index in [0.29, 0.717) is 17.5 Å². The third kappa shape index (κ3) is 5.37. The summed E-state index contributed by atoms with van der Waals surface area (Å²) in [5.41, 5.74) is 0.799. The smallest absolute Gasteiger partial charge is 0.126 e. The first-order valence-corrected chi connectivity index (χ1v) is 6.48. The minimum Gasteiger partial charge on any atom is -0.375 e. The second-order valence-electron chi connectivity index (χ2n) is 4.46. The summed E-state index contributed by atoms with van der Waals surface area (Å²) in [6.45, 7) is 8.47. The fraction of sp³-hybridized carbons (Fsp3) is 0.615. The van der Waals surface area contributed by atoms with Crippen LogP contribution in [0.1, 0.15) is 32.9 Å². The highest BCUT2D eigenvalue weighted by atomic mass is 35.5. The van der Waals surface area contributed by atoms with Crippen LogP contribution in [0, 0.1) is 5.92 Å². The van der Waals surface area contributed by atoms with Crippen molar-refractivity contribution in [1.82, 2.24) is 4.98 Å². The molecule has 0 aliphatic rings. The van der Waals surface area contributed by atoms with Crippen LogP contribution in [0.5, 0.6) is 0 Å². The molecule has 0 saturated heterocycles. The predicted octanol–water partition coefficient (Wildman–Crippen LogP) is 3.73. The molecule has 0 spiro atoms. The van der Waals surface area contributed by atoms with Gasteiger partial charge in [-0.05, 0) is 24.5 Å². The Labute approximate surface area is 109 Å². The Morgan fingerprint density at radius 1 is 1.41 bits per heavy atom. The molecule has 1 aromatic heterocycles. The fourth-order valence-electron chi connectivity index (χ4n) is 1.33. The minimum atomic E-state index is 0.471. The second kappa shape index (κ2) is 7.51. The van der Waals surface area contributed by atoms with Gasteiger partial charge in [0.25, 0.3) is 0 Å². The molecule has 0 radical (unpaired) electrons. The summed E-state index contributed by atoms with van der Waals surface area (Å²) in [5, 5.41) is 3.90. The summed E-state index contributed by atoms with van der Waals surface area (Å²) in [4.78, 5) is 4.44. The van der Waals surface area contributed by atoms with E-state index in [1.807, 2.05) is 12.1 Å². The van der Waals surface area contributed by atoms with Crippen LogP contribution in [0.3, 0.4) is 0 Å². The van der Waals surface area contributed by atoms with Crippen LogP contribution in [0.15, 0.2) is 12.1 Å². The molecular formula is C13H21ClN2O. The van der Waals surface area contributed by atoms with E-state index < -0.39 is 0 Å². The quantitative estimate of drug-likeness (QED) is 0.807. The molecule has 4 heteroatoms. The number of aromatic nitrogens is 1. The summed E-state index contributed by atoms with van der Waals surface area (Å²) >= 11 is 6.08. The zero-order chi connectivity index (χ0) is 12.7. The van der Waals surface area contributed by atoms with E-state index in [2.05, 4.69) is 31.1 Å². The molecule has 0 saturated carbocycles. The zero-order valence-electron chi connectivity index (χ0n) is 10.8. The highest BCUT2D eigenvalue weighted by Crippen LogP contribution is 2.17. The zero-order valence-corrected chi connectivity index (χ0v) is 11.5. The van der Waals surface area contributed by atoms with Gasteiger partial charge in [-0.2, -0.15) is 0 Å². The van der Waals surface area contributed by atoms with Crippen molar-refractivity contribution >= 4 is 17.4 Å². The molecule has 1 rings (SSSR count). The molecule has 0 atom stereocenters. The van der Waals surface area contributed by atoms with Crippen LogP contribution in [0.2, 0.25) is 5.02 Å². The summed E-state index contributed by atoms with van der Waals surface area (Å²) in [5.74, 6) is 1.38. The van der Waals surface area contributed by atoms with Crippen molar-refractivity contribution in [3.63, 3.8) is 0 Å². The molecule has 3 nitrogen and oxygen atoms in total. The van der Waals surface area contributed by atoms with Crippen LogP contribution in [0.25, 0.3) is 0 Å². The van der Waals surface area contributed by atoms with Crippen LogP contribution >= 0.6 is 11.6 Å². The monoisotopic (exact) mass is 256 g/mol. The number of nitrogens with zero attached hydrogens (tertiary/aromatic N) is 1. The molecule has 96 valence electrons. The lowest BCUT2D eigenvalue weighted by Crippen LogP contribution is -2.06. The third-order valence-electron chi connectivity index (χ3n) is 2.16. The maximum atomic E-state index is 6.08. The lowest BCUT2D eigenvalue weighted by Gasteiger charge is -2.10. The Kier molecular flexibility index (Phi) is 6.30. The molecule has 0 amide bonds. The molecule has 0 fully saturated rings. The number of hydrogen-bond acceptors (Lipinski definition) is 3. The maximum Gasteiger partial charge on any atom is 0.126 e. The van der Waals surface area contributed by atoms with E-state index in [0.717, 1.165) is 31.1 Å². The average Bonchev–Trinajstić information content (AvgIpc) is 2.29. The number of hydrogen-bond donors (Lipinski definition) is 1. The van der Waals surface area contributed by atoms with Crippen molar-refractivity contribution in [2.75, 3.05) is 18.5 Å². The topological polar surface area (TPSA) is 34.1 Å². The van der Waals surface area contributed by atoms with Crippen LogP contribution < -0.4 is 5.32 Å². The van der Waals surface area contributed by atoms with Gasteiger partial charge >= 0.3 is 0 Å². The fourth-order valence-corrected chi connectivity index (χ4v) is 1.49. The number of ether oxygens (including phenoxy) is 1. The van der Waals surface area contributed by atoms with Gasteiger partial charge in [-0.1, -0.05) is 32.4 Å². The van der Waals surface area contributed by atoms with Crippen molar-refractivity contribution in [2.45, 2.75) is 33.8 Å². The standard InChI is InChI=1S/C13H21ClN2O/c1-4-7-15-13-6-5-11(14)12(16-13)9-17-8-10(2)3/h5-6,10H,4,7-9H2,1-3H3,(H,15,16). The summed E-state index contributed by atoms with van der Waals surface area (Å²) < 4.78 is 5.55. The first-order chi connectivity index (χ1) is 8.13. The number of rotatable bonds is 7. The molecule has 0 aliphatic carbocycles. The maximum absolute atomic E-state index is 6.08. The largest absolute Gasteiger partial charge is 0.375 e. The molecule has 0 bridgehead atoms. The van der Waals surface area contributed by atoms with Gasteiger partial charge < -0.3 is 10.1 Å². The van der Waals surface area contributed by atoms with Crippen molar-refractivity contribution in [3.8, 4) is 0 Å². The van der Waals surface area contributed by atoms with E-state index in [9.17, 15) is 0 Å². The Morgan fingerprint density at radius 3 is 2.82 bits per heavy atom. The molecule has 1 aromatic rings. The first kappa shape index (κ1) is 14.3. The van der Waals surface area contributed by atoms with E-state index in [4.69, 9.17) is 16.3 Å². The van der Waals surface area contributed by atoms with Crippen molar-refractivity contribution in [1.29, 1.82) is 0 Å². The number of anilines is 1. The normalized spacial score (nSPS) is 10.9. The first-order valence-electron chi connectivity index (χ1n) is 6.10. The Balaban J connectivity index is 2.56. The summed E-state index contributed by atoms with van der Waals surface area (Å²) in [6.07, 6.45) is 1.07. The Bertz CT molecular complexity index is 342. The summed E-state index contributed by atoms with van der Waals surface area (Å²) in [6, 6.07) is 3.75. The molecule has 1 N–H and O–H groups in total. The van der Waals surface area contributed by atoms with Gasteiger partial charge in [0.15, 0.2) is 0 Å². The molecule has 17 heavy (non-hydrogen) atoms. The molecule has 1 heterocycles. The Hall–Kier alpha value is -0.800. The minimum absolute atomic E-state index is 0.471. The van der Waals surface area contributed by atoms with Gasteiger partial charge in [0, 0.05) is 13.2 Å². The molecule has 0 aliphatic heterocycles. The van der Waals surface area contributed by atoms with Crippen molar-refractivity contribution in [3.05, 3.63) is 22.8 Å². The van der Waals surface area contributed by atoms with E-state index in [1.54, 1.807) is 0 Å². The second-order valence-corrected chi connectivity index (χ2v) is 4.87. The Morgan fingerprint density at radius 2 is 2.18 bits per heavy atom.